The molecule has 2 aliphatic rings. The van der Waals surface area contributed by atoms with E-state index < -0.39 is 0 Å². The summed E-state index contributed by atoms with van der Waals surface area (Å²) in [6, 6.07) is 20.2. The van der Waals surface area contributed by atoms with Crippen molar-refractivity contribution in [2.24, 2.45) is 0 Å². The Hall–Kier alpha value is -4.00. The number of methoxy groups -OCH3 is 1. The molecule has 2 aliphatic heterocycles. The molecule has 164 valence electrons. The number of amides is 1. The van der Waals surface area contributed by atoms with Gasteiger partial charge in [0, 0.05) is 12.1 Å². The molecule has 1 aromatic heterocycles. The molecule has 0 spiro atoms. The van der Waals surface area contributed by atoms with Crippen LogP contribution in [0.25, 0.3) is 22.4 Å². The highest BCUT2D eigenvalue weighted by molar-refractivity contribution is 5.81. The Labute approximate surface area is 190 Å². The topological polar surface area (TPSA) is 60.3 Å². The molecular formula is C26H21FN4O2. The molecule has 0 aliphatic carbocycles. The average Bonchev–Trinajstić information content (AvgIpc) is 3.27. The Morgan fingerprint density at radius 3 is 2.58 bits per heavy atom. The molecule has 1 atom stereocenters. The van der Waals surface area contributed by atoms with E-state index in [-0.39, 0.29) is 24.3 Å². The number of ether oxygens (including phenoxy) is 1. The predicted octanol–water partition coefficient (Wildman–Crippen LogP) is 4.25. The summed E-state index contributed by atoms with van der Waals surface area (Å²) >= 11 is 0. The van der Waals surface area contributed by atoms with Gasteiger partial charge in [-0.25, -0.2) is 9.07 Å². The number of hydrogen-bond acceptors (Lipinski definition) is 4. The van der Waals surface area contributed by atoms with E-state index in [2.05, 4.69) is 22.4 Å². The third-order valence-corrected chi connectivity index (χ3v) is 6.53. The Morgan fingerprint density at radius 2 is 1.79 bits per heavy atom. The fourth-order valence-corrected chi connectivity index (χ4v) is 4.91. The van der Waals surface area contributed by atoms with Crippen LogP contribution in [-0.4, -0.2) is 39.5 Å². The Morgan fingerprint density at radius 1 is 1.00 bits per heavy atom. The van der Waals surface area contributed by atoms with Gasteiger partial charge in [0.25, 0.3) is 0 Å². The first-order chi connectivity index (χ1) is 16.1. The molecule has 0 radical (unpaired) electrons. The molecule has 1 unspecified atom stereocenters. The Bertz CT molecular complexity index is 1380. The summed E-state index contributed by atoms with van der Waals surface area (Å²) in [6.07, 6.45) is 0.778. The molecule has 3 aromatic carbocycles. The van der Waals surface area contributed by atoms with Crippen LogP contribution in [0.15, 0.2) is 66.7 Å². The van der Waals surface area contributed by atoms with Crippen molar-refractivity contribution in [2.45, 2.75) is 19.0 Å². The van der Waals surface area contributed by atoms with E-state index >= 15 is 0 Å². The summed E-state index contributed by atoms with van der Waals surface area (Å²) in [4.78, 5) is 14.9. The van der Waals surface area contributed by atoms with Crippen molar-refractivity contribution >= 4 is 5.91 Å². The van der Waals surface area contributed by atoms with Gasteiger partial charge in [-0.15, -0.1) is 5.10 Å². The summed E-state index contributed by atoms with van der Waals surface area (Å²) in [5.74, 6) is 0.517. The Balaban J connectivity index is 1.52. The summed E-state index contributed by atoms with van der Waals surface area (Å²) in [5.41, 5.74) is 6.51. The predicted molar refractivity (Wildman–Crippen MR) is 121 cm³/mol. The maximum atomic E-state index is 13.9. The lowest BCUT2D eigenvalue weighted by Crippen LogP contribution is -2.47. The fraction of sp³-hybridized carbons (Fsp3) is 0.192. The van der Waals surface area contributed by atoms with Gasteiger partial charge in [0.15, 0.2) is 0 Å². The van der Waals surface area contributed by atoms with Crippen LogP contribution in [-0.2, 0) is 17.8 Å². The van der Waals surface area contributed by atoms with Gasteiger partial charge >= 0.3 is 0 Å². The highest BCUT2D eigenvalue weighted by Crippen LogP contribution is 2.42. The van der Waals surface area contributed by atoms with Crippen LogP contribution >= 0.6 is 0 Å². The number of fused-ring (bicyclic) bond motifs is 5. The molecule has 6 nitrogen and oxygen atoms in total. The number of nitrogens with zero attached hydrogens (tertiary/aromatic N) is 4. The molecule has 1 amide bonds. The second-order valence-electron chi connectivity index (χ2n) is 8.37. The van der Waals surface area contributed by atoms with Gasteiger partial charge in [-0.05, 0) is 71.1 Å². The zero-order valence-electron chi connectivity index (χ0n) is 18.0. The summed E-state index contributed by atoms with van der Waals surface area (Å²) < 4.78 is 20.9. The van der Waals surface area contributed by atoms with Crippen molar-refractivity contribution in [3.8, 4) is 28.1 Å². The summed E-state index contributed by atoms with van der Waals surface area (Å²) in [6.45, 7) is 0.816. The normalized spacial score (nSPS) is 16.7. The van der Waals surface area contributed by atoms with Gasteiger partial charge in [-0.2, -0.15) is 0 Å². The number of hydrogen-bond donors (Lipinski definition) is 0. The lowest BCUT2D eigenvalue weighted by Gasteiger charge is -2.40. The molecule has 0 saturated carbocycles. The molecule has 0 bridgehead atoms. The monoisotopic (exact) mass is 440 g/mol. The molecule has 0 fully saturated rings. The maximum absolute atomic E-state index is 13.9. The van der Waals surface area contributed by atoms with E-state index in [1.54, 1.807) is 17.9 Å². The minimum absolute atomic E-state index is 0.0282. The highest BCUT2D eigenvalue weighted by Gasteiger charge is 2.40. The van der Waals surface area contributed by atoms with Crippen molar-refractivity contribution in [3.05, 3.63) is 89.4 Å². The number of halogens is 1. The third-order valence-electron chi connectivity index (χ3n) is 6.53. The largest absolute Gasteiger partial charge is 0.497 e. The van der Waals surface area contributed by atoms with Crippen molar-refractivity contribution in [2.75, 3.05) is 13.7 Å². The molecule has 7 heteroatoms. The van der Waals surface area contributed by atoms with E-state index in [9.17, 15) is 9.18 Å². The number of benzene rings is 3. The second-order valence-corrected chi connectivity index (χ2v) is 8.37. The van der Waals surface area contributed by atoms with Crippen LogP contribution < -0.4 is 4.74 Å². The van der Waals surface area contributed by atoms with E-state index in [4.69, 9.17) is 4.74 Å². The molecule has 0 saturated heterocycles. The fourth-order valence-electron chi connectivity index (χ4n) is 4.91. The molecule has 6 rings (SSSR count). The van der Waals surface area contributed by atoms with Crippen LogP contribution in [0, 0.1) is 5.82 Å². The van der Waals surface area contributed by atoms with E-state index in [0.29, 0.717) is 6.54 Å². The van der Waals surface area contributed by atoms with Crippen molar-refractivity contribution in [1.29, 1.82) is 0 Å². The standard InChI is InChI=1S/C26H21FN4O2/c1-33-21-9-7-17(8-10-21)24-26-25-22-14-19(18-3-2-4-20(27)13-18)6-5-16(22)11-12-30(25)23(32)15-31(26)29-28-24/h2-10,13-14,25H,11-12,15H2,1H3. The van der Waals surface area contributed by atoms with Gasteiger partial charge in [-0.3, -0.25) is 4.79 Å². The SMILES string of the molecule is COc1ccc(-c2nnn3c2C2c4cc(-c5cccc(F)c5)ccc4CCN2C(=O)C3)cc1. The van der Waals surface area contributed by atoms with Crippen molar-refractivity contribution in [3.63, 3.8) is 0 Å². The molecule has 3 heterocycles. The summed E-state index contributed by atoms with van der Waals surface area (Å²) in [5, 5.41) is 8.78. The van der Waals surface area contributed by atoms with Crippen molar-refractivity contribution < 1.29 is 13.9 Å². The zero-order chi connectivity index (χ0) is 22.5. The van der Waals surface area contributed by atoms with Gasteiger partial charge in [-0.1, -0.05) is 29.5 Å². The maximum Gasteiger partial charge on any atom is 0.245 e. The highest BCUT2D eigenvalue weighted by atomic mass is 19.1. The molecule has 4 aromatic rings. The second kappa shape index (κ2) is 7.55. The van der Waals surface area contributed by atoms with E-state index in [1.165, 1.54) is 17.7 Å². The van der Waals surface area contributed by atoms with Gasteiger partial charge in [0.2, 0.25) is 5.91 Å². The quantitative estimate of drug-likeness (QED) is 0.478. The Kier molecular flexibility index (Phi) is 4.50. The first-order valence-electron chi connectivity index (χ1n) is 10.9. The van der Waals surface area contributed by atoms with E-state index in [1.807, 2.05) is 41.3 Å². The minimum Gasteiger partial charge on any atom is -0.497 e. The van der Waals surface area contributed by atoms with Crippen LogP contribution in [0.3, 0.4) is 0 Å². The molecular weight excluding hydrogens is 419 g/mol. The van der Waals surface area contributed by atoms with Gasteiger partial charge in [0.05, 0.1) is 12.8 Å². The van der Waals surface area contributed by atoms with Crippen LogP contribution in [0.2, 0.25) is 0 Å². The molecule has 0 N–H and O–H groups in total. The molecule has 33 heavy (non-hydrogen) atoms. The van der Waals surface area contributed by atoms with Gasteiger partial charge < -0.3 is 9.64 Å². The van der Waals surface area contributed by atoms with Crippen LogP contribution in [0.5, 0.6) is 5.75 Å². The van der Waals surface area contributed by atoms with Gasteiger partial charge in [0.1, 0.15) is 29.8 Å². The van der Waals surface area contributed by atoms with Crippen LogP contribution in [0.4, 0.5) is 4.39 Å². The number of rotatable bonds is 3. The van der Waals surface area contributed by atoms with Crippen LogP contribution in [0.1, 0.15) is 22.9 Å². The van der Waals surface area contributed by atoms with E-state index in [0.717, 1.165) is 45.8 Å². The average molecular weight is 440 g/mol. The van der Waals surface area contributed by atoms with Crippen molar-refractivity contribution in [1.82, 2.24) is 19.9 Å². The first kappa shape index (κ1) is 19.7. The smallest absolute Gasteiger partial charge is 0.245 e. The first-order valence-corrected chi connectivity index (χ1v) is 10.9. The zero-order valence-corrected chi connectivity index (χ0v) is 18.0. The lowest BCUT2D eigenvalue weighted by molar-refractivity contribution is -0.136. The number of carbonyl (C=O) groups excluding carboxylic acids is 1. The lowest BCUT2D eigenvalue weighted by atomic mass is 9.85. The number of carbonyl (C=O) groups is 1. The minimum atomic E-state index is -0.296. The third kappa shape index (κ3) is 3.19. The summed E-state index contributed by atoms with van der Waals surface area (Å²) in [7, 11) is 1.63. The number of aromatic nitrogens is 3.